The van der Waals surface area contributed by atoms with Gasteiger partial charge < -0.3 is 18.9 Å². The summed E-state index contributed by atoms with van der Waals surface area (Å²) in [7, 11) is 1.50. The van der Waals surface area contributed by atoms with Crippen LogP contribution >= 0.6 is 7.82 Å². The van der Waals surface area contributed by atoms with Gasteiger partial charge in [-0.1, -0.05) is 283 Å². The van der Waals surface area contributed by atoms with E-state index in [2.05, 4.69) is 26.0 Å². The normalized spacial score (nSPS) is 13.2. The maximum absolute atomic E-state index is 12.8. The molecule has 72 heavy (non-hydrogen) atoms. The van der Waals surface area contributed by atoms with Gasteiger partial charge in [0.2, 0.25) is 0 Å². The summed E-state index contributed by atoms with van der Waals surface area (Å²) in [5.41, 5.74) is 0. The van der Waals surface area contributed by atoms with Crippen LogP contribution in [0, 0.1) is 0 Å². The van der Waals surface area contributed by atoms with Gasteiger partial charge in [-0.2, -0.15) is 0 Å². The largest absolute Gasteiger partial charge is 0.472 e. The lowest BCUT2D eigenvalue weighted by Crippen LogP contribution is -2.37. The summed E-state index contributed by atoms with van der Waals surface area (Å²) in [5, 5.41) is 0. The Kier molecular flexibility index (Phi) is 53.6. The number of unbranched alkanes of at least 4 members (excludes halogenated alkanes) is 43. The van der Waals surface area contributed by atoms with Crippen molar-refractivity contribution in [1.29, 1.82) is 0 Å². The van der Waals surface area contributed by atoms with Gasteiger partial charge in [-0.15, -0.1) is 0 Å². The fourth-order valence-corrected chi connectivity index (χ4v) is 10.2. The van der Waals surface area contributed by atoms with Crippen LogP contribution in [0.5, 0.6) is 0 Å². The van der Waals surface area contributed by atoms with Crippen LogP contribution < -0.4 is 0 Å². The van der Waals surface area contributed by atoms with E-state index in [9.17, 15) is 19.0 Å². The predicted molar refractivity (Wildman–Crippen MR) is 308 cm³/mol. The minimum absolute atomic E-state index is 0.0365. The zero-order chi connectivity index (χ0) is 52.7. The molecule has 0 aromatic carbocycles. The van der Waals surface area contributed by atoms with Crippen molar-refractivity contribution in [3.63, 3.8) is 0 Å². The minimum atomic E-state index is -4.38. The number of carbonyl (C=O) groups excluding carboxylic acids is 2. The molecule has 0 aliphatic rings. The third-order valence-electron chi connectivity index (χ3n) is 14.3. The number of phosphoric acid groups is 1. The van der Waals surface area contributed by atoms with Crippen molar-refractivity contribution in [2.24, 2.45) is 0 Å². The monoisotopic (exact) mass is 1040 g/mol. The summed E-state index contributed by atoms with van der Waals surface area (Å²) in [4.78, 5) is 35.6. The van der Waals surface area contributed by atoms with Crippen LogP contribution in [0.25, 0.3) is 0 Å². The number of carbonyl (C=O) groups is 2. The molecule has 0 radical (unpaired) electrons. The lowest BCUT2D eigenvalue weighted by atomic mass is 10.0. The Morgan fingerprint density at radius 1 is 0.417 bits per heavy atom. The van der Waals surface area contributed by atoms with Crippen molar-refractivity contribution in [3.8, 4) is 0 Å². The van der Waals surface area contributed by atoms with E-state index >= 15 is 0 Å². The molecule has 0 spiro atoms. The van der Waals surface area contributed by atoms with Crippen molar-refractivity contribution in [1.82, 2.24) is 0 Å². The Morgan fingerprint density at radius 3 is 1.03 bits per heavy atom. The number of hydrogen-bond donors (Lipinski definition) is 1. The number of ether oxygens (including phenoxy) is 2. The van der Waals surface area contributed by atoms with Crippen LogP contribution in [0.3, 0.4) is 0 Å². The Morgan fingerprint density at radius 2 is 0.708 bits per heavy atom. The maximum atomic E-state index is 12.8. The summed E-state index contributed by atoms with van der Waals surface area (Å²) in [6.45, 7) is 4.49. The number of likely N-dealkylation sites (N-methyl/N-ethyl adjacent to an activating group) is 1. The molecule has 0 amide bonds. The van der Waals surface area contributed by atoms with Crippen LogP contribution in [0.15, 0.2) is 12.2 Å². The summed E-state index contributed by atoms with van der Waals surface area (Å²) >= 11 is 0. The second-order valence-corrected chi connectivity index (χ2v) is 24.3. The van der Waals surface area contributed by atoms with Gasteiger partial charge in [0.05, 0.1) is 27.7 Å². The fourth-order valence-electron chi connectivity index (χ4n) is 9.43. The first-order valence-corrected chi connectivity index (χ1v) is 32.9. The van der Waals surface area contributed by atoms with Gasteiger partial charge in [0.15, 0.2) is 6.10 Å². The summed E-state index contributed by atoms with van der Waals surface area (Å²) < 4.78 is 34.6. The zero-order valence-electron chi connectivity index (χ0n) is 48.7. The van der Waals surface area contributed by atoms with E-state index in [0.29, 0.717) is 17.4 Å². The second kappa shape index (κ2) is 54.5. The Labute approximate surface area is 447 Å². The average Bonchev–Trinajstić information content (AvgIpc) is 3.34. The van der Waals surface area contributed by atoms with Crippen molar-refractivity contribution in [2.45, 2.75) is 328 Å². The first kappa shape index (κ1) is 70.8. The van der Waals surface area contributed by atoms with Crippen molar-refractivity contribution < 1.29 is 42.1 Å². The molecule has 0 rings (SSSR count). The van der Waals surface area contributed by atoms with E-state index in [0.717, 1.165) is 38.5 Å². The van der Waals surface area contributed by atoms with Gasteiger partial charge in [0, 0.05) is 12.8 Å². The molecule has 0 bridgehead atoms. The van der Waals surface area contributed by atoms with Crippen LogP contribution in [-0.2, 0) is 32.7 Å². The third kappa shape index (κ3) is 58.0. The van der Waals surface area contributed by atoms with Gasteiger partial charge in [-0.05, 0) is 38.5 Å². The number of allylic oxidation sites excluding steroid dienone is 2. The van der Waals surface area contributed by atoms with Gasteiger partial charge >= 0.3 is 19.8 Å². The zero-order valence-corrected chi connectivity index (χ0v) is 49.6. The van der Waals surface area contributed by atoms with Crippen molar-refractivity contribution in [2.75, 3.05) is 47.5 Å². The molecule has 0 saturated heterocycles. The molecule has 428 valence electrons. The Bertz CT molecular complexity index is 1220. The van der Waals surface area contributed by atoms with Crippen LogP contribution in [0.2, 0.25) is 0 Å². The molecule has 0 heterocycles. The van der Waals surface area contributed by atoms with Crippen LogP contribution in [0.4, 0.5) is 0 Å². The molecular formula is C62H123NO8P+. The van der Waals surface area contributed by atoms with Crippen molar-refractivity contribution in [3.05, 3.63) is 12.2 Å². The fraction of sp³-hybridized carbons (Fsp3) is 0.935. The summed E-state index contributed by atoms with van der Waals surface area (Å²) in [6.07, 6.45) is 64.6. The van der Waals surface area contributed by atoms with Gasteiger partial charge in [0.1, 0.15) is 19.8 Å². The highest BCUT2D eigenvalue weighted by atomic mass is 31.2. The van der Waals surface area contributed by atoms with Gasteiger partial charge in [0.25, 0.3) is 0 Å². The van der Waals surface area contributed by atoms with Crippen molar-refractivity contribution >= 4 is 19.8 Å². The first-order valence-electron chi connectivity index (χ1n) is 31.4. The van der Waals surface area contributed by atoms with Crippen LogP contribution in [-0.4, -0.2) is 74.9 Å². The van der Waals surface area contributed by atoms with E-state index in [-0.39, 0.29) is 25.6 Å². The molecule has 10 heteroatoms. The lowest BCUT2D eigenvalue weighted by Gasteiger charge is -2.24. The summed E-state index contributed by atoms with van der Waals surface area (Å²) in [6, 6.07) is 0. The van der Waals surface area contributed by atoms with Crippen LogP contribution in [0.1, 0.15) is 322 Å². The third-order valence-corrected chi connectivity index (χ3v) is 15.3. The molecule has 2 unspecified atom stereocenters. The second-order valence-electron chi connectivity index (χ2n) is 22.8. The van der Waals surface area contributed by atoms with E-state index in [1.165, 1.54) is 257 Å². The first-order chi connectivity index (χ1) is 35.0. The molecule has 2 atom stereocenters. The number of quaternary nitrogens is 1. The molecule has 0 aromatic heterocycles. The molecule has 0 saturated carbocycles. The highest BCUT2D eigenvalue weighted by molar-refractivity contribution is 7.47. The molecule has 1 N–H and O–H groups in total. The molecule has 0 aromatic rings. The van der Waals surface area contributed by atoms with Gasteiger partial charge in [-0.25, -0.2) is 4.57 Å². The molecule has 0 aliphatic carbocycles. The molecule has 0 aliphatic heterocycles. The number of phosphoric ester groups is 1. The smallest absolute Gasteiger partial charge is 0.462 e. The summed E-state index contributed by atoms with van der Waals surface area (Å²) in [5.74, 6) is -0.777. The number of hydrogen-bond acceptors (Lipinski definition) is 7. The van der Waals surface area contributed by atoms with E-state index < -0.39 is 26.5 Å². The maximum Gasteiger partial charge on any atom is 0.472 e. The standard InChI is InChI=1S/C62H122NO8P/c1-6-8-10-12-14-16-18-20-21-22-23-24-25-26-27-28-29-30-31-32-33-34-35-36-37-38-39-40-41-43-45-47-49-51-53-55-62(65)71-60(59-70-72(66,67)69-57-56-63(3,4)5)58-68-61(64)54-52-50-48-46-44-42-19-17-15-13-11-9-7-2/h22-23,60H,6-21,24-59H2,1-5H3/p+1/b23-22-. The molecular weight excluding hydrogens is 918 g/mol. The van der Waals surface area contributed by atoms with E-state index in [4.69, 9.17) is 18.5 Å². The number of esters is 2. The van der Waals surface area contributed by atoms with Gasteiger partial charge in [-0.3, -0.25) is 18.6 Å². The average molecular weight is 1040 g/mol. The number of nitrogens with zero attached hydrogens (tertiary/aromatic N) is 1. The predicted octanol–water partition coefficient (Wildman–Crippen LogP) is 19.6. The van der Waals surface area contributed by atoms with E-state index in [1.54, 1.807) is 0 Å². The molecule has 9 nitrogen and oxygen atoms in total. The molecule has 0 fully saturated rings. The Hall–Kier alpha value is -1.25. The SMILES string of the molecule is CCCCCCCCCC/C=C\CCCCCCCCCCCCCCCCCCCCCCCCCC(=O)OC(COC(=O)CCCCCCCCCCCCCCC)COP(=O)(O)OCC[N+](C)(C)C. The number of rotatable bonds is 59. The van der Waals surface area contributed by atoms with E-state index in [1.807, 2.05) is 21.1 Å². The topological polar surface area (TPSA) is 108 Å². The quantitative estimate of drug-likeness (QED) is 0.0211. The highest BCUT2D eigenvalue weighted by Gasteiger charge is 2.27. The lowest BCUT2D eigenvalue weighted by molar-refractivity contribution is -0.870. The highest BCUT2D eigenvalue weighted by Crippen LogP contribution is 2.43. The Balaban J connectivity index is 3.90. The minimum Gasteiger partial charge on any atom is -0.462 e.